The van der Waals surface area contributed by atoms with Gasteiger partial charge in [0.25, 0.3) is 0 Å². The van der Waals surface area contributed by atoms with Crippen LogP contribution in [0.1, 0.15) is 36.1 Å². The first kappa shape index (κ1) is 20.4. The number of fused-ring (bicyclic) bond motifs is 3. The van der Waals surface area contributed by atoms with Crippen LogP contribution in [0.15, 0.2) is 72.8 Å². The Bertz CT molecular complexity index is 1320. The van der Waals surface area contributed by atoms with Gasteiger partial charge in [-0.1, -0.05) is 72.8 Å². The van der Waals surface area contributed by atoms with E-state index < -0.39 is 0 Å². The molecule has 4 aromatic carbocycles. The van der Waals surface area contributed by atoms with Crippen LogP contribution in [0, 0.1) is 13.8 Å². The van der Waals surface area contributed by atoms with Gasteiger partial charge in [-0.05, 0) is 78.6 Å². The summed E-state index contributed by atoms with van der Waals surface area (Å²) in [6.07, 6.45) is 0.882. The first-order valence-corrected chi connectivity index (χ1v) is 11.3. The molecule has 2 nitrogen and oxygen atoms in total. The molecule has 0 amide bonds. The van der Waals surface area contributed by atoms with Crippen molar-refractivity contribution in [1.82, 2.24) is 0 Å². The SMILES string of the molecule is Cc1c(OC(C)C)c(O)c(-c2ccccc2)c(C)c1-c1cccc2c1Cc1ccccc1-2. The van der Waals surface area contributed by atoms with Crippen molar-refractivity contribution in [3.63, 3.8) is 0 Å². The minimum absolute atomic E-state index is 0.0375. The number of ether oxygens (including phenoxy) is 1. The van der Waals surface area contributed by atoms with Gasteiger partial charge in [0.15, 0.2) is 11.5 Å². The highest BCUT2D eigenvalue weighted by atomic mass is 16.5. The van der Waals surface area contributed by atoms with E-state index in [1.807, 2.05) is 44.2 Å². The Morgan fingerprint density at radius 3 is 2.12 bits per heavy atom. The molecule has 0 unspecified atom stereocenters. The Morgan fingerprint density at radius 2 is 1.38 bits per heavy atom. The zero-order chi connectivity index (χ0) is 22.4. The summed E-state index contributed by atoms with van der Waals surface area (Å²) in [4.78, 5) is 0. The van der Waals surface area contributed by atoms with E-state index in [0.29, 0.717) is 5.75 Å². The smallest absolute Gasteiger partial charge is 0.166 e. The van der Waals surface area contributed by atoms with E-state index in [1.165, 1.54) is 27.8 Å². The molecule has 0 aliphatic heterocycles. The van der Waals surface area contributed by atoms with Gasteiger partial charge in [-0.25, -0.2) is 0 Å². The highest BCUT2D eigenvalue weighted by Crippen LogP contribution is 2.50. The molecule has 160 valence electrons. The molecule has 0 radical (unpaired) electrons. The predicted molar refractivity (Wildman–Crippen MR) is 132 cm³/mol. The fraction of sp³-hybridized carbons (Fsp3) is 0.200. The molecule has 0 atom stereocenters. The molecule has 0 fully saturated rings. The third-order valence-electron chi connectivity index (χ3n) is 6.45. The van der Waals surface area contributed by atoms with Gasteiger partial charge < -0.3 is 9.84 Å². The number of aromatic hydroxyl groups is 1. The predicted octanol–water partition coefficient (Wildman–Crippen LogP) is 7.70. The number of benzene rings is 4. The van der Waals surface area contributed by atoms with Gasteiger partial charge >= 0.3 is 0 Å². The van der Waals surface area contributed by atoms with Crippen molar-refractivity contribution in [2.45, 2.75) is 40.2 Å². The van der Waals surface area contributed by atoms with Crippen molar-refractivity contribution in [1.29, 1.82) is 0 Å². The molecule has 0 bridgehead atoms. The lowest BCUT2D eigenvalue weighted by Gasteiger charge is -2.24. The first-order valence-electron chi connectivity index (χ1n) is 11.3. The lowest BCUT2D eigenvalue weighted by Crippen LogP contribution is -2.09. The zero-order valence-electron chi connectivity index (χ0n) is 19.1. The Balaban J connectivity index is 1.81. The molecule has 5 rings (SSSR count). The van der Waals surface area contributed by atoms with E-state index >= 15 is 0 Å². The molecule has 32 heavy (non-hydrogen) atoms. The maximum Gasteiger partial charge on any atom is 0.166 e. The molecule has 0 heterocycles. The summed E-state index contributed by atoms with van der Waals surface area (Å²) in [6.45, 7) is 8.18. The highest BCUT2D eigenvalue weighted by molar-refractivity contribution is 5.92. The fourth-order valence-electron chi connectivity index (χ4n) is 5.12. The number of phenols is 1. The summed E-state index contributed by atoms with van der Waals surface area (Å²) < 4.78 is 6.19. The molecule has 0 aromatic heterocycles. The maximum atomic E-state index is 11.3. The largest absolute Gasteiger partial charge is 0.504 e. The van der Waals surface area contributed by atoms with Gasteiger partial charge in [-0.15, -0.1) is 0 Å². The van der Waals surface area contributed by atoms with E-state index in [1.54, 1.807) is 0 Å². The summed E-state index contributed by atoms with van der Waals surface area (Å²) in [5.74, 6) is 0.798. The summed E-state index contributed by atoms with van der Waals surface area (Å²) in [7, 11) is 0. The normalized spacial score (nSPS) is 12.0. The number of rotatable bonds is 4. The van der Waals surface area contributed by atoms with Crippen molar-refractivity contribution >= 4 is 0 Å². The van der Waals surface area contributed by atoms with Crippen LogP contribution < -0.4 is 4.74 Å². The van der Waals surface area contributed by atoms with E-state index in [-0.39, 0.29) is 11.9 Å². The quantitative estimate of drug-likeness (QED) is 0.323. The molecule has 0 saturated heterocycles. The van der Waals surface area contributed by atoms with Crippen LogP contribution in [-0.4, -0.2) is 11.2 Å². The van der Waals surface area contributed by atoms with Crippen molar-refractivity contribution in [3.05, 3.63) is 95.1 Å². The average Bonchev–Trinajstić information content (AvgIpc) is 3.17. The lowest BCUT2D eigenvalue weighted by atomic mass is 9.85. The summed E-state index contributed by atoms with van der Waals surface area (Å²) in [5, 5.41) is 11.3. The number of phenolic OH excluding ortho intramolecular Hbond substituents is 1. The maximum absolute atomic E-state index is 11.3. The Hall–Kier alpha value is -3.52. The van der Waals surface area contributed by atoms with Crippen molar-refractivity contribution < 1.29 is 9.84 Å². The van der Waals surface area contributed by atoms with Crippen LogP contribution >= 0.6 is 0 Å². The summed E-state index contributed by atoms with van der Waals surface area (Å²) >= 11 is 0. The molecule has 1 aliphatic rings. The van der Waals surface area contributed by atoms with Gasteiger partial charge in [0, 0.05) is 11.1 Å². The van der Waals surface area contributed by atoms with Crippen LogP contribution in [0.25, 0.3) is 33.4 Å². The minimum atomic E-state index is -0.0375. The summed E-state index contributed by atoms with van der Waals surface area (Å²) in [5.41, 5.74) is 11.6. The van der Waals surface area contributed by atoms with Gasteiger partial charge in [0.1, 0.15) is 0 Å². The monoisotopic (exact) mass is 420 g/mol. The van der Waals surface area contributed by atoms with Gasteiger partial charge in [-0.2, -0.15) is 0 Å². The van der Waals surface area contributed by atoms with Crippen LogP contribution in [0.2, 0.25) is 0 Å². The van der Waals surface area contributed by atoms with Crippen molar-refractivity contribution in [2.24, 2.45) is 0 Å². The second kappa shape index (κ2) is 7.87. The van der Waals surface area contributed by atoms with Crippen molar-refractivity contribution in [2.75, 3.05) is 0 Å². The fourth-order valence-corrected chi connectivity index (χ4v) is 5.12. The van der Waals surface area contributed by atoms with E-state index in [9.17, 15) is 5.11 Å². The van der Waals surface area contributed by atoms with Crippen LogP contribution in [0.3, 0.4) is 0 Å². The molecule has 2 heteroatoms. The average molecular weight is 421 g/mol. The second-order valence-electron chi connectivity index (χ2n) is 8.88. The minimum Gasteiger partial charge on any atom is -0.504 e. The number of hydrogen-bond donors (Lipinski definition) is 1. The van der Waals surface area contributed by atoms with E-state index in [2.05, 4.69) is 56.3 Å². The molecule has 0 spiro atoms. The number of hydrogen-bond acceptors (Lipinski definition) is 2. The van der Waals surface area contributed by atoms with Crippen molar-refractivity contribution in [3.8, 4) is 44.9 Å². The van der Waals surface area contributed by atoms with Gasteiger partial charge in [-0.3, -0.25) is 0 Å². The Kier molecular flexibility index (Phi) is 5.01. The lowest BCUT2D eigenvalue weighted by molar-refractivity contribution is 0.230. The summed E-state index contributed by atoms with van der Waals surface area (Å²) in [6, 6.07) is 25.3. The Morgan fingerprint density at radius 1 is 0.719 bits per heavy atom. The molecular formula is C30H28O2. The molecule has 0 saturated carbocycles. The third-order valence-corrected chi connectivity index (χ3v) is 6.45. The Labute approximate surface area is 190 Å². The van der Waals surface area contributed by atoms with Crippen LogP contribution in [-0.2, 0) is 6.42 Å². The standard InChI is InChI=1S/C30H28O2/c1-18(2)32-30-20(4)27(19(3)28(29(30)31)21-11-6-5-7-12-21)25-16-10-15-24-23-14-9-8-13-22(23)17-26(24)25/h5-16,18,31H,17H2,1-4H3. The zero-order valence-corrected chi connectivity index (χ0v) is 19.1. The molecule has 1 N–H and O–H groups in total. The van der Waals surface area contributed by atoms with E-state index in [0.717, 1.165) is 34.2 Å². The highest BCUT2D eigenvalue weighted by Gasteiger charge is 2.27. The topological polar surface area (TPSA) is 29.5 Å². The molecule has 1 aliphatic carbocycles. The molecule has 4 aromatic rings. The van der Waals surface area contributed by atoms with Gasteiger partial charge in [0.05, 0.1) is 6.10 Å². The van der Waals surface area contributed by atoms with Crippen LogP contribution in [0.5, 0.6) is 11.5 Å². The van der Waals surface area contributed by atoms with E-state index in [4.69, 9.17) is 4.74 Å². The van der Waals surface area contributed by atoms with Crippen LogP contribution in [0.4, 0.5) is 0 Å². The van der Waals surface area contributed by atoms with Gasteiger partial charge in [0.2, 0.25) is 0 Å². The third kappa shape index (κ3) is 3.18. The second-order valence-corrected chi connectivity index (χ2v) is 8.88. The molecular weight excluding hydrogens is 392 g/mol. The first-order chi connectivity index (χ1) is 15.5.